The van der Waals surface area contributed by atoms with E-state index in [1.165, 1.54) is 12.1 Å². The number of nitrogens with one attached hydrogen (secondary N) is 2. The number of hydrogen-bond donors (Lipinski definition) is 2. The van der Waals surface area contributed by atoms with Crippen molar-refractivity contribution in [3.05, 3.63) is 65.7 Å². The zero-order chi connectivity index (χ0) is 20.1. The summed E-state index contributed by atoms with van der Waals surface area (Å²) in [7, 11) is -3.43. The molecule has 0 aliphatic heterocycles. The van der Waals surface area contributed by atoms with Crippen LogP contribution in [0.15, 0.2) is 60.7 Å². The Hall–Kier alpha value is -2.77. The summed E-state index contributed by atoms with van der Waals surface area (Å²) in [6.45, 7) is 0.224. The number of benzene rings is 3. The lowest BCUT2D eigenvalue weighted by atomic mass is 10.1. The first-order valence-corrected chi connectivity index (χ1v) is 10.8. The molecule has 146 valence electrons. The van der Waals surface area contributed by atoms with Crippen LogP contribution in [0.2, 0.25) is 5.02 Å². The fraction of sp³-hybridized carbons (Fsp3) is 0.150. The summed E-state index contributed by atoms with van der Waals surface area (Å²) in [6, 6.07) is 18.2. The number of halogens is 1. The second-order valence-electron chi connectivity index (χ2n) is 6.19. The number of anilines is 2. The third-order valence-corrected chi connectivity index (χ3v) is 4.79. The maximum Gasteiger partial charge on any atom is 0.229 e. The fourth-order valence-corrected chi connectivity index (χ4v) is 3.54. The number of carbonyl (C=O) groups is 1. The van der Waals surface area contributed by atoms with Crippen LogP contribution in [-0.2, 0) is 14.8 Å². The van der Waals surface area contributed by atoms with Crippen molar-refractivity contribution < 1.29 is 17.9 Å². The van der Waals surface area contributed by atoms with Crippen molar-refractivity contribution in [1.29, 1.82) is 0 Å². The van der Waals surface area contributed by atoms with E-state index in [0.717, 1.165) is 22.8 Å². The molecule has 28 heavy (non-hydrogen) atoms. The molecular weight excluding hydrogens is 400 g/mol. The van der Waals surface area contributed by atoms with Crippen LogP contribution >= 0.6 is 11.6 Å². The van der Waals surface area contributed by atoms with Gasteiger partial charge in [0.25, 0.3) is 0 Å². The highest BCUT2D eigenvalue weighted by molar-refractivity contribution is 7.92. The van der Waals surface area contributed by atoms with Gasteiger partial charge in [0.2, 0.25) is 15.9 Å². The molecule has 0 spiro atoms. The minimum absolute atomic E-state index is 0.157. The second-order valence-corrected chi connectivity index (χ2v) is 8.35. The summed E-state index contributed by atoms with van der Waals surface area (Å²) >= 11 is 6.06. The van der Waals surface area contributed by atoms with Crippen LogP contribution in [0.1, 0.15) is 6.42 Å². The van der Waals surface area contributed by atoms with Crippen LogP contribution in [0.5, 0.6) is 5.75 Å². The normalized spacial score (nSPS) is 11.2. The molecule has 0 fully saturated rings. The largest absolute Gasteiger partial charge is 0.492 e. The molecule has 3 aromatic carbocycles. The van der Waals surface area contributed by atoms with Crippen molar-refractivity contribution >= 4 is 49.7 Å². The number of hydrogen-bond acceptors (Lipinski definition) is 4. The van der Waals surface area contributed by atoms with Crippen molar-refractivity contribution in [2.75, 3.05) is 22.9 Å². The third kappa shape index (κ3) is 5.37. The first-order valence-electron chi connectivity index (χ1n) is 8.49. The van der Waals surface area contributed by atoms with Crippen LogP contribution in [0.25, 0.3) is 10.8 Å². The van der Waals surface area contributed by atoms with Crippen LogP contribution < -0.4 is 14.8 Å². The number of amides is 1. The van der Waals surface area contributed by atoms with E-state index in [1.54, 1.807) is 6.07 Å². The molecule has 2 N–H and O–H groups in total. The van der Waals surface area contributed by atoms with Crippen LogP contribution in [0.4, 0.5) is 11.4 Å². The van der Waals surface area contributed by atoms with E-state index in [-0.39, 0.29) is 29.6 Å². The van der Waals surface area contributed by atoms with Gasteiger partial charge in [-0.05, 0) is 29.7 Å². The molecule has 0 atom stereocenters. The average Bonchev–Trinajstić information content (AvgIpc) is 2.63. The maximum absolute atomic E-state index is 12.1. The van der Waals surface area contributed by atoms with Crippen molar-refractivity contribution in [3.8, 4) is 5.75 Å². The lowest BCUT2D eigenvalue weighted by Crippen LogP contribution is -2.15. The van der Waals surface area contributed by atoms with Gasteiger partial charge in [-0.25, -0.2) is 8.42 Å². The molecule has 0 bridgehead atoms. The van der Waals surface area contributed by atoms with E-state index in [9.17, 15) is 13.2 Å². The van der Waals surface area contributed by atoms with Gasteiger partial charge < -0.3 is 10.1 Å². The SMILES string of the molecule is CS(=O)(=O)Nc1ccc(NC(=O)CCOc2cccc3ccccc23)cc1Cl. The quantitative estimate of drug-likeness (QED) is 0.600. The fourth-order valence-electron chi connectivity index (χ4n) is 2.67. The van der Waals surface area contributed by atoms with Crippen molar-refractivity contribution in [2.24, 2.45) is 0 Å². The number of ether oxygens (including phenoxy) is 1. The summed E-state index contributed by atoms with van der Waals surface area (Å²) in [5.41, 5.74) is 0.723. The molecule has 0 radical (unpaired) electrons. The first-order chi connectivity index (χ1) is 13.3. The van der Waals surface area contributed by atoms with Gasteiger partial charge in [-0.1, -0.05) is 48.0 Å². The Morgan fingerprint density at radius 3 is 2.57 bits per heavy atom. The minimum atomic E-state index is -3.43. The molecule has 3 aromatic rings. The minimum Gasteiger partial charge on any atom is -0.492 e. The summed E-state index contributed by atoms with van der Waals surface area (Å²) in [5.74, 6) is 0.491. The van der Waals surface area contributed by atoms with Crippen LogP contribution in [0.3, 0.4) is 0 Å². The van der Waals surface area contributed by atoms with E-state index in [2.05, 4.69) is 10.0 Å². The first kappa shape index (κ1) is 20.0. The standard InChI is InChI=1S/C20H19ClN2O4S/c1-28(25,26)23-18-10-9-15(13-17(18)21)22-20(24)11-12-27-19-8-4-6-14-5-2-3-7-16(14)19/h2-10,13,23H,11-12H2,1H3,(H,22,24). The number of rotatable bonds is 7. The number of carbonyl (C=O) groups excluding carboxylic acids is 1. The smallest absolute Gasteiger partial charge is 0.229 e. The van der Waals surface area contributed by atoms with Gasteiger partial charge in [-0.15, -0.1) is 0 Å². The number of sulfonamides is 1. The number of fused-ring (bicyclic) bond motifs is 1. The van der Waals surface area contributed by atoms with E-state index in [4.69, 9.17) is 16.3 Å². The Labute approximate surface area is 168 Å². The summed E-state index contributed by atoms with van der Waals surface area (Å²) in [5, 5.41) is 4.97. The zero-order valence-electron chi connectivity index (χ0n) is 15.1. The van der Waals surface area contributed by atoms with Gasteiger partial charge in [0.1, 0.15) is 5.75 Å². The Kier molecular flexibility index (Phi) is 6.06. The van der Waals surface area contributed by atoms with Gasteiger partial charge in [0, 0.05) is 11.1 Å². The topological polar surface area (TPSA) is 84.5 Å². The highest BCUT2D eigenvalue weighted by atomic mass is 35.5. The molecule has 0 heterocycles. The van der Waals surface area contributed by atoms with E-state index < -0.39 is 10.0 Å². The molecule has 0 aliphatic carbocycles. The zero-order valence-corrected chi connectivity index (χ0v) is 16.7. The predicted molar refractivity (Wildman–Crippen MR) is 113 cm³/mol. The molecule has 0 unspecified atom stereocenters. The monoisotopic (exact) mass is 418 g/mol. The third-order valence-electron chi connectivity index (χ3n) is 3.88. The Morgan fingerprint density at radius 2 is 1.82 bits per heavy atom. The summed E-state index contributed by atoms with van der Waals surface area (Å²) in [4.78, 5) is 12.1. The lowest BCUT2D eigenvalue weighted by molar-refractivity contribution is -0.116. The highest BCUT2D eigenvalue weighted by Gasteiger charge is 2.09. The van der Waals surface area contributed by atoms with Crippen molar-refractivity contribution in [3.63, 3.8) is 0 Å². The van der Waals surface area contributed by atoms with Crippen molar-refractivity contribution in [1.82, 2.24) is 0 Å². The Balaban J connectivity index is 1.56. The van der Waals surface area contributed by atoms with Gasteiger partial charge in [0.05, 0.1) is 30.0 Å². The Morgan fingerprint density at radius 1 is 1.07 bits per heavy atom. The van der Waals surface area contributed by atoms with E-state index >= 15 is 0 Å². The van der Waals surface area contributed by atoms with Crippen molar-refractivity contribution in [2.45, 2.75) is 6.42 Å². The molecule has 3 rings (SSSR count). The van der Waals surface area contributed by atoms with Crippen LogP contribution in [0, 0.1) is 0 Å². The summed E-state index contributed by atoms with van der Waals surface area (Å²) < 4.78 is 30.6. The summed E-state index contributed by atoms with van der Waals surface area (Å²) in [6.07, 6.45) is 1.19. The molecule has 0 aliphatic rings. The van der Waals surface area contributed by atoms with E-state index in [0.29, 0.717) is 5.69 Å². The molecule has 0 aromatic heterocycles. The lowest BCUT2D eigenvalue weighted by Gasteiger charge is -2.11. The van der Waals surface area contributed by atoms with E-state index in [1.807, 2.05) is 42.5 Å². The average molecular weight is 419 g/mol. The molecular formula is C20H19ClN2O4S. The van der Waals surface area contributed by atoms with Crippen LogP contribution in [-0.4, -0.2) is 27.2 Å². The van der Waals surface area contributed by atoms with Gasteiger partial charge >= 0.3 is 0 Å². The molecule has 8 heteroatoms. The van der Waals surface area contributed by atoms with Gasteiger partial charge in [-0.2, -0.15) is 0 Å². The predicted octanol–water partition coefficient (Wildman–Crippen LogP) is 4.27. The molecule has 0 saturated heterocycles. The highest BCUT2D eigenvalue weighted by Crippen LogP contribution is 2.27. The van der Waals surface area contributed by atoms with Gasteiger partial charge in [0.15, 0.2) is 0 Å². The Bertz CT molecular complexity index is 1110. The second kappa shape index (κ2) is 8.50. The molecule has 6 nitrogen and oxygen atoms in total. The van der Waals surface area contributed by atoms with Gasteiger partial charge in [-0.3, -0.25) is 9.52 Å². The molecule has 1 amide bonds. The molecule has 0 saturated carbocycles. The maximum atomic E-state index is 12.1.